The van der Waals surface area contributed by atoms with E-state index in [2.05, 4.69) is 237 Å². The van der Waals surface area contributed by atoms with Crippen molar-refractivity contribution in [3.63, 3.8) is 0 Å². The van der Waals surface area contributed by atoms with Gasteiger partial charge in [0.05, 0.1) is 5.41 Å². The minimum Gasteiger partial charge on any atom is -0.208 e. The number of fused-ring (bicyclic) bond motifs is 10. The third-order valence-electron chi connectivity index (χ3n) is 13.8. The fourth-order valence-corrected chi connectivity index (χ4v) is 10.7. The summed E-state index contributed by atoms with van der Waals surface area (Å²) < 4.78 is 0. The molecule has 2 aliphatic rings. The lowest BCUT2D eigenvalue weighted by Gasteiger charge is -2.30. The molecule has 1 spiro atoms. The van der Waals surface area contributed by atoms with Gasteiger partial charge in [-0.05, 0) is 89.0 Å². The Bertz CT molecular complexity index is 3490. The van der Waals surface area contributed by atoms with Crippen LogP contribution in [0.4, 0.5) is 0 Å². The van der Waals surface area contributed by atoms with Gasteiger partial charge in [-0.2, -0.15) is 0 Å². The zero-order valence-electron chi connectivity index (χ0n) is 36.5. The molecule has 1 heterocycles. The highest BCUT2D eigenvalue weighted by atomic mass is 15.0. The molecular weight excluding hydrogens is 811 g/mol. The molecule has 0 radical (unpaired) electrons. The third kappa shape index (κ3) is 6.31. The van der Waals surface area contributed by atoms with Gasteiger partial charge in [0.25, 0.3) is 0 Å². The Morgan fingerprint density at radius 2 is 0.478 bits per heavy atom. The van der Waals surface area contributed by atoms with E-state index < -0.39 is 0 Å². The molecule has 0 fully saturated rings. The molecule has 0 atom stereocenters. The van der Waals surface area contributed by atoms with Crippen LogP contribution in [-0.2, 0) is 5.41 Å². The van der Waals surface area contributed by atoms with Gasteiger partial charge in [0.15, 0.2) is 17.5 Å². The molecule has 312 valence electrons. The second-order valence-electron chi connectivity index (χ2n) is 17.5. The van der Waals surface area contributed by atoms with Gasteiger partial charge in [-0.15, -0.1) is 0 Å². The second-order valence-corrected chi connectivity index (χ2v) is 17.5. The molecule has 3 heteroatoms. The highest BCUT2D eigenvalue weighted by molar-refractivity contribution is 6.00. The fourth-order valence-electron chi connectivity index (χ4n) is 10.7. The van der Waals surface area contributed by atoms with Crippen molar-refractivity contribution in [2.45, 2.75) is 5.41 Å². The molecular formula is C64H41N3. The van der Waals surface area contributed by atoms with E-state index in [0.717, 1.165) is 38.9 Å². The van der Waals surface area contributed by atoms with Crippen molar-refractivity contribution in [1.82, 2.24) is 15.0 Å². The zero-order valence-corrected chi connectivity index (χ0v) is 36.5. The van der Waals surface area contributed by atoms with E-state index in [4.69, 9.17) is 15.0 Å². The zero-order chi connectivity index (χ0) is 44.3. The highest BCUT2D eigenvalue weighted by Gasteiger charge is 2.51. The lowest BCUT2D eigenvalue weighted by molar-refractivity contribution is 0.794. The van der Waals surface area contributed by atoms with E-state index in [-0.39, 0.29) is 5.41 Å². The van der Waals surface area contributed by atoms with Crippen LogP contribution in [0.25, 0.3) is 101 Å². The van der Waals surface area contributed by atoms with Crippen LogP contribution >= 0.6 is 0 Å². The Hall–Kier alpha value is -8.79. The Morgan fingerprint density at radius 1 is 0.194 bits per heavy atom. The maximum Gasteiger partial charge on any atom is 0.164 e. The fraction of sp³-hybridized carbons (Fsp3) is 0.0156. The Balaban J connectivity index is 0.846. The molecule has 0 saturated carbocycles. The number of nitrogens with zero attached hydrogens (tertiary/aromatic N) is 3. The van der Waals surface area contributed by atoms with Gasteiger partial charge < -0.3 is 0 Å². The number of hydrogen-bond acceptors (Lipinski definition) is 3. The molecule has 67 heavy (non-hydrogen) atoms. The van der Waals surface area contributed by atoms with Crippen LogP contribution in [0, 0.1) is 0 Å². The van der Waals surface area contributed by atoms with Crippen LogP contribution in [0.1, 0.15) is 22.3 Å². The average molecular weight is 852 g/mol. The predicted octanol–water partition coefficient (Wildman–Crippen LogP) is 15.9. The summed E-state index contributed by atoms with van der Waals surface area (Å²) in [6.07, 6.45) is 0. The monoisotopic (exact) mass is 851 g/mol. The summed E-state index contributed by atoms with van der Waals surface area (Å²) in [5.74, 6) is 1.90. The third-order valence-corrected chi connectivity index (χ3v) is 13.8. The van der Waals surface area contributed by atoms with E-state index in [1.54, 1.807) is 0 Å². The summed E-state index contributed by atoms with van der Waals surface area (Å²) in [5, 5.41) is 0. The van der Waals surface area contributed by atoms with Crippen LogP contribution in [0.3, 0.4) is 0 Å². The normalized spacial score (nSPS) is 12.6. The van der Waals surface area contributed by atoms with E-state index in [9.17, 15) is 0 Å². The maximum atomic E-state index is 5.09. The molecule has 0 saturated heterocycles. The average Bonchev–Trinajstić information content (AvgIpc) is 3.89. The first-order valence-electron chi connectivity index (χ1n) is 22.9. The second kappa shape index (κ2) is 15.7. The quantitative estimate of drug-likeness (QED) is 0.160. The lowest BCUT2D eigenvalue weighted by Crippen LogP contribution is -2.25. The first kappa shape index (κ1) is 38.6. The summed E-state index contributed by atoms with van der Waals surface area (Å²) in [4.78, 5) is 15.2. The van der Waals surface area contributed by atoms with Crippen molar-refractivity contribution in [3.05, 3.63) is 271 Å². The largest absolute Gasteiger partial charge is 0.208 e. The van der Waals surface area contributed by atoms with Crippen LogP contribution < -0.4 is 0 Å². The van der Waals surface area contributed by atoms with Crippen molar-refractivity contribution in [2.75, 3.05) is 0 Å². The first-order valence-corrected chi connectivity index (χ1v) is 22.9. The Morgan fingerprint density at radius 3 is 0.896 bits per heavy atom. The number of rotatable bonds is 7. The molecule has 10 aromatic carbocycles. The molecule has 0 N–H and O–H groups in total. The van der Waals surface area contributed by atoms with Gasteiger partial charge in [0.2, 0.25) is 0 Å². The molecule has 1 aromatic heterocycles. The number of aromatic nitrogens is 3. The van der Waals surface area contributed by atoms with Crippen LogP contribution in [-0.4, -0.2) is 15.0 Å². The summed E-state index contributed by atoms with van der Waals surface area (Å²) >= 11 is 0. The standard InChI is InChI=1S/C64H41N3/c1-3-14-42(15-4-1)44-28-36-49(37-29-44)61-65-62(50-38-30-45(31-39-50)43-16-5-2-6-17-43)67-63(66-61)51-40-32-47(33-41-51)46-26-34-48(35-27-46)52-21-13-25-59-60(52)55-20-9-12-24-58(55)64(59)56-22-10-7-18-53(56)54-19-8-11-23-57(54)64/h1-41H. The van der Waals surface area contributed by atoms with E-state index >= 15 is 0 Å². The van der Waals surface area contributed by atoms with Gasteiger partial charge in [-0.3, -0.25) is 0 Å². The van der Waals surface area contributed by atoms with Crippen molar-refractivity contribution in [1.29, 1.82) is 0 Å². The first-order chi connectivity index (χ1) is 33.2. The molecule has 0 aliphatic heterocycles. The van der Waals surface area contributed by atoms with Crippen molar-refractivity contribution in [3.8, 4) is 101 Å². The molecule has 3 nitrogen and oxygen atoms in total. The molecule has 0 amide bonds. The topological polar surface area (TPSA) is 38.7 Å². The van der Waals surface area contributed by atoms with Crippen LogP contribution in [0.5, 0.6) is 0 Å². The number of hydrogen-bond donors (Lipinski definition) is 0. The number of benzene rings is 10. The van der Waals surface area contributed by atoms with Gasteiger partial charge >= 0.3 is 0 Å². The van der Waals surface area contributed by atoms with E-state index in [1.165, 1.54) is 66.8 Å². The Labute approximate surface area is 390 Å². The molecule has 0 unspecified atom stereocenters. The maximum absolute atomic E-state index is 5.09. The molecule has 11 aromatic rings. The SMILES string of the molecule is c1ccc(-c2ccc(-c3nc(-c4ccc(-c5ccccc5)cc4)nc(-c4ccc(-c5ccc(-c6cccc7c6-c6ccccc6C76c7ccccc7-c7ccccc76)cc5)cc4)n3)cc2)cc1. The van der Waals surface area contributed by atoms with E-state index in [0.29, 0.717) is 17.5 Å². The predicted molar refractivity (Wildman–Crippen MR) is 274 cm³/mol. The van der Waals surface area contributed by atoms with E-state index in [1.807, 2.05) is 12.1 Å². The van der Waals surface area contributed by atoms with Gasteiger partial charge in [0, 0.05) is 16.7 Å². The van der Waals surface area contributed by atoms with Gasteiger partial charge in [-0.25, -0.2) is 15.0 Å². The van der Waals surface area contributed by atoms with Crippen LogP contribution in [0.2, 0.25) is 0 Å². The minimum atomic E-state index is -0.364. The smallest absolute Gasteiger partial charge is 0.164 e. The van der Waals surface area contributed by atoms with Gasteiger partial charge in [0.1, 0.15) is 0 Å². The van der Waals surface area contributed by atoms with Gasteiger partial charge in [-0.1, -0.05) is 249 Å². The molecule has 13 rings (SSSR count). The van der Waals surface area contributed by atoms with Crippen molar-refractivity contribution >= 4 is 0 Å². The van der Waals surface area contributed by atoms with Crippen molar-refractivity contribution < 1.29 is 0 Å². The highest BCUT2D eigenvalue weighted by Crippen LogP contribution is 2.63. The minimum absolute atomic E-state index is 0.364. The van der Waals surface area contributed by atoms with Crippen LogP contribution in [0.15, 0.2) is 249 Å². The molecule has 2 aliphatic carbocycles. The lowest BCUT2D eigenvalue weighted by atomic mass is 9.70. The Kier molecular flexibility index (Phi) is 9.07. The summed E-state index contributed by atoms with van der Waals surface area (Å²) in [6, 6.07) is 89.3. The van der Waals surface area contributed by atoms with Crippen molar-refractivity contribution in [2.24, 2.45) is 0 Å². The summed E-state index contributed by atoms with van der Waals surface area (Å²) in [5.41, 5.74) is 22.5. The summed E-state index contributed by atoms with van der Waals surface area (Å²) in [6.45, 7) is 0. The molecule has 0 bridgehead atoms. The summed E-state index contributed by atoms with van der Waals surface area (Å²) in [7, 11) is 0.